The number of nitrogens with one attached hydrogen (secondary N) is 1. The second-order valence-corrected chi connectivity index (χ2v) is 5.16. The summed E-state index contributed by atoms with van der Waals surface area (Å²) in [5, 5.41) is 10.6. The minimum absolute atomic E-state index is 0.123. The maximum atomic E-state index is 11.9. The van der Waals surface area contributed by atoms with Crippen LogP contribution >= 0.6 is 0 Å². The Morgan fingerprint density at radius 3 is 2.68 bits per heavy atom. The maximum absolute atomic E-state index is 11.9. The SMILES string of the molecule is Cc1ccc(-c2cnn(CC(=O)Nc3cc(C)on3)c2)cc1. The highest BCUT2D eigenvalue weighted by atomic mass is 16.5. The van der Waals surface area contributed by atoms with Crippen molar-refractivity contribution in [1.29, 1.82) is 0 Å². The van der Waals surface area contributed by atoms with Crippen molar-refractivity contribution in [2.45, 2.75) is 20.4 Å². The Labute approximate surface area is 127 Å². The monoisotopic (exact) mass is 296 g/mol. The fourth-order valence-corrected chi connectivity index (χ4v) is 2.10. The van der Waals surface area contributed by atoms with E-state index in [-0.39, 0.29) is 12.5 Å². The molecule has 6 nitrogen and oxygen atoms in total. The number of carbonyl (C=O) groups is 1. The van der Waals surface area contributed by atoms with Crippen LogP contribution in [-0.4, -0.2) is 20.8 Å². The Bertz CT molecular complexity index is 787. The fraction of sp³-hybridized carbons (Fsp3) is 0.188. The first-order chi connectivity index (χ1) is 10.6. The van der Waals surface area contributed by atoms with E-state index in [2.05, 4.69) is 15.6 Å². The number of hydrogen-bond donors (Lipinski definition) is 1. The topological polar surface area (TPSA) is 73.0 Å². The Balaban J connectivity index is 1.66. The molecular formula is C16H16N4O2. The Morgan fingerprint density at radius 1 is 1.23 bits per heavy atom. The molecule has 0 bridgehead atoms. The van der Waals surface area contributed by atoms with Crippen molar-refractivity contribution in [3.05, 3.63) is 54.0 Å². The zero-order valence-electron chi connectivity index (χ0n) is 12.4. The zero-order chi connectivity index (χ0) is 15.5. The first kappa shape index (κ1) is 14.1. The summed E-state index contributed by atoms with van der Waals surface area (Å²) < 4.78 is 6.49. The van der Waals surface area contributed by atoms with E-state index in [4.69, 9.17) is 4.52 Å². The maximum Gasteiger partial charge on any atom is 0.247 e. The van der Waals surface area contributed by atoms with E-state index in [0.29, 0.717) is 11.6 Å². The molecule has 3 rings (SSSR count). The molecule has 0 radical (unpaired) electrons. The van der Waals surface area contributed by atoms with Crippen LogP contribution in [-0.2, 0) is 11.3 Å². The second-order valence-electron chi connectivity index (χ2n) is 5.16. The number of benzene rings is 1. The van der Waals surface area contributed by atoms with E-state index in [1.807, 2.05) is 37.4 Å². The van der Waals surface area contributed by atoms with Gasteiger partial charge in [0.1, 0.15) is 12.3 Å². The van der Waals surface area contributed by atoms with Gasteiger partial charge in [-0.25, -0.2) is 0 Å². The average Bonchev–Trinajstić information content (AvgIpc) is 3.09. The van der Waals surface area contributed by atoms with Crippen LogP contribution < -0.4 is 5.32 Å². The van der Waals surface area contributed by atoms with Crippen LogP contribution in [0.1, 0.15) is 11.3 Å². The van der Waals surface area contributed by atoms with Crippen LogP contribution in [0.15, 0.2) is 47.2 Å². The van der Waals surface area contributed by atoms with Gasteiger partial charge in [-0.1, -0.05) is 35.0 Å². The van der Waals surface area contributed by atoms with Crippen molar-refractivity contribution in [2.24, 2.45) is 0 Å². The zero-order valence-corrected chi connectivity index (χ0v) is 12.4. The second kappa shape index (κ2) is 5.85. The first-order valence-electron chi connectivity index (χ1n) is 6.93. The molecule has 0 atom stereocenters. The van der Waals surface area contributed by atoms with Crippen LogP contribution in [0.5, 0.6) is 0 Å². The molecule has 112 valence electrons. The third-order valence-electron chi connectivity index (χ3n) is 3.22. The van der Waals surface area contributed by atoms with Gasteiger partial charge in [-0.2, -0.15) is 5.10 Å². The molecule has 0 aliphatic rings. The molecule has 0 aliphatic carbocycles. The predicted octanol–water partition coefficient (Wildman–Crippen LogP) is 2.79. The molecule has 0 unspecified atom stereocenters. The molecule has 2 aromatic heterocycles. The van der Waals surface area contributed by atoms with Gasteiger partial charge >= 0.3 is 0 Å². The lowest BCUT2D eigenvalue weighted by atomic mass is 10.1. The van der Waals surface area contributed by atoms with Crippen molar-refractivity contribution in [2.75, 3.05) is 5.32 Å². The number of rotatable bonds is 4. The molecule has 0 aliphatic heterocycles. The van der Waals surface area contributed by atoms with Crippen molar-refractivity contribution in [3.63, 3.8) is 0 Å². The number of carbonyl (C=O) groups excluding carboxylic acids is 1. The molecule has 3 aromatic rings. The summed E-state index contributed by atoms with van der Waals surface area (Å²) in [5.41, 5.74) is 3.26. The van der Waals surface area contributed by atoms with Crippen LogP contribution in [0.25, 0.3) is 11.1 Å². The molecule has 1 N–H and O–H groups in total. The number of anilines is 1. The van der Waals surface area contributed by atoms with Gasteiger partial charge in [-0.3, -0.25) is 9.48 Å². The molecule has 2 heterocycles. The van der Waals surface area contributed by atoms with E-state index < -0.39 is 0 Å². The van der Waals surface area contributed by atoms with Crippen LogP contribution in [0, 0.1) is 13.8 Å². The molecule has 22 heavy (non-hydrogen) atoms. The van der Waals surface area contributed by atoms with E-state index in [9.17, 15) is 4.79 Å². The first-order valence-corrected chi connectivity index (χ1v) is 6.93. The number of amides is 1. The van der Waals surface area contributed by atoms with Crippen molar-refractivity contribution < 1.29 is 9.32 Å². The van der Waals surface area contributed by atoms with Crippen molar-refractivity contribution >= 4 is 11.7 Å². The fourth-order valence-electron chi connectivity index (χ4n) is 2.10. The van der Waals surface area contributed by atoms with Crippen LogP contribution in [0.2, 0.25) is 0 Å². The van der Waals surface area contributed by atoms with Gasteiger partial charge < -0.3 is 9.84 Å². The molecule has 0 saturated heterocycles. The van der Waals surface area contributed by atoms with Crippen molar-refractivity contribution in [1.82, 2.24) is 14.9 Å². The minimum atomic E-state index is -0.202. The lowest BCUT2D eigenvalue weighted by Gasteiger charge is -2.01. The van der Waals surface area contributed by atoms with Gasteiger partial charge in [-0.05, 0) is 19.4 Å². The van der Waals surface area contributed by atoms with Crippen LogP contribution in [0.4, 0.5) is 5.82 Å². The smallest absolute Gasteiger partial charge is 0.247 e. The molecule has 1 amide bonds. The third kappa shape index (κ3) is 3.22. The highest BCUT2D eigenvalue weighted by Gasteiger charge is 2.08. The summed E-state index contributed by atoms with van der Waals surface area (Å²) in [7, 11) is 0. The number of hydrogen-bond acceptors (Lipinski definition) is 4. The third-order valence-corrected chi connectivity index (χ3v) is 3.22. The van der Waals surface area contributed by atoms with Gasteiger partial charge in [0.2, 0.25) is 5.91 Å². The summed E-state index contributed by atoms with van der Waals surface area (Å²) in [4.78, 5) is 11.9. The summed E-state index contributed by atoms with van der Waals surface area (Å²) >= 11 is 0. The van der Waals surface area contributed by atoms with E-state index in [1.165, 1.54) is 5.56 Å². The standard InChI is InChI=1S/C16H16N4O2/c1-11-3-5-13(6-4-11)14-8-17-20(9-14)10-16(21)18-15-7-12(2)22-19-15/h3-9H,10H2,1-2H3,(H,18,19,21). The lowest BCUT2D eigenvalue weighted by molar-refractivity contribution is -0.116. The Morgan fingerprint density at radius 2 is 2.00 bits per heavy atom. The highest BCUT2D eigenvalue weighted by molar-refractivity contribution is 5.89. The van der Waals surface area contributed by atoms with E-state index in [1.54, 1.807) is 23.9 Å². The normalized spacial score (nSPS) is 10.6. The van der Waals surface area contributed by atoms with Gasteiger partial charge in [-0.15, -0.1) is 0 Å². The lowest BCUT2D eigenvalue weighted by Crippen LogP contribution is -2.19. The van der Waals surface area contributed by atoms with Crippen LogP contribution in [0.3, 0.4) is 0 Å². The summed E-state index contributed by atoms with van der Waals surface area (Å²) in [6.07, 6.45) is 3.59. The van der Waals surface area contributed by atoms with Crippen molar-refractivity contribution in [3.8, 4) is 11.1 Å². The van der Waals surface area contributed by atoms with E-state index >= 15 is 0 Å². The van der Waals surface area contributed by atoms with Gasteiger partial charge in [0, 0.05) is 17.8 Å². The molecule has 0 saturated carbocycles. The Hall–Kier alpha value is -2.89. The molecule has 0 spiro atoms. The van der Waals surface area contributed by atoms with Gasteiger partial charge in [0.25, 0.3) is 0 Å². The molecule has 6 heteroatoms. The largest absolute Gasteiger partial charge is 0.360 e. The minimum Gasteiger partial charge on any atom is -0.360 e. The average molecular weight is 296 g/mol. The summed E-state index contributed by atoms with van der Waals surface area (Å²) in [6.45, 7) is 3.94. The summed E-state index contributed by atoms with van der Waals surface area (Å²) in [6, 6.07) is 9.83. The summed E-state index contributed by atoms with van der Waals surface area (Å²) in [5.74, 6) is 0.858. The van der Waals surface area contributed by atoms with Gasteiger partial charge in [0.05, 0.1) is 6.20 Å². The number of aryl methyl sites for hydroxylation is 2. The highest BCUT2D eigenvalue weighted by Crippen LogP contribution is 2.18. The van der Waals surface area contributed by atoms with Gasteiger partial charge in [0.15, 0.2) is 5.82 Å². The quantitative estimate of drug-likeness (QED) is 0.803. The van der Waals surface area contributed by atoms with E-state index in [0.717, 1.165) is 11.1 Å². The molecule has 0 fully saturated rings. The molecular weight excluding hydrogens is 280 g/mol. The Kier molecular flexibility index (Phi) is 3.74. The number of nitrogens with zero attached hydrogens (tertiary/aromatic N) is 3. The predicted molar refractivity (Wildman–Crippen MR) is 82.3 cm³/mol. The number of aromatic nitrogens is 3. The molecule has 1 aromatic carbocycles.